The lowest BCUT2D eigenvalue weighted by atomic mass is 9.74. The second-order valence-electron chi connectivity index (χ2n) is 7.33. The summed E-state index contributed by atoms with van der Waals surface area (Å²) in [5, 5.41) is 0. The van der Waals surface area contributed by atoms with Crippen molar-refractivity contribution in [2.45, 2.75) is 32.2 Å². The Labute approximate surface area is 149 Å². The number of carbonyl (C=O) groups excluding carboxylic acids is 1. The second-order valence-corrected chi connectivity index (χ2v) is 9.47. The van der Waals surface area contributed by atoms with Crippen LogP contribution < -0.4 is 0 Å². The van der Waals surface area contributed by atoms with Crippen LogP contribution in [0, 0.1) is 5.41 Å². The molecule has 0 aliphatic carbocycles. The molecular weight excluding hydrogens is 340 g/mol. The molecule has 0 bridgehead atoms. The zero-order valence-corrected chi connectivity index (χ0v) is 15.7. The van der Waals surface area contributed by atoms with Gasteiger partial charge in [0.25, 0.3) is 10.2 Å². The molecule has 0 radical (unpaired) electrons. The van der Waals surface area contributed by atoms with Gasteiger partial charge >= 0.3 is 0 Å². The van der Waals surface area contributed by atoms with Gasteiger partial charge in [0.15, 0.2) is 0 Å². The minimum Gasteiger partial charge on any atom is -0.338 e. The number of aromatic nitrogens is 1. The topological polar surface area (TPSA) is 73.8 Å². The predicted molar refractivity (Wildman–Crippen MR) is 94.7 cm³/mol. The van der Waals surface area contributed by atoms with Crippen LogP contribution in [0.25, 0.3) is 0 Å². The minimum absolute atomic E-state index is 0.137. The number of piperidine rings is 2. The van der Waals surface area contributed by atoms with Gasteiger partial charge in [-0.15, -0.1) is 0 Å². The van der Waals surface area contributed by atoms with Crippen LogP contribution in [-0.4, -0.2) is 66.5 Å². The van der Waals surface area contributed by atoms with Gasteiger partial charge in [0, 0.05) is 64.5 Å². The second kappa shape index (κ2) is 7.01. The summed E-state index contributed by atoms with van der Waals surface area (Å²) in [4.78, 5) is 18.3. The number of rotatable bonds is 4. The smallest absolute Gasteiger partial charge is 0.281 e. The molecule has 7 nitrogen and oxygen atoms in total. The van der Waals surface area contributed by atoms with Crippen LogP contribution >= 0.6 is 0 Å². The molecule has 0 aromatic carbocycles. The summed E-state index contributed by atoms with van der Waals surface area (Å²) in [5.74, 6) is 0.148. The molecule has 2 aliphatic heterocycles. The van der Waals surface area contributed by atoms with E-state index in [-0.39, 0.29) is 11.3 Å². The van der Waals surface area contributed by atoms with Crippen LogP contribution in [0.15, 0.2) is 24.5 Å². The number of pyridine rings is 1. The summed E-state index contributed by atoms with van der Waals surface area (Å²) in [5.41, 5.74) is 0.913. The molecule has 1 unspecified atom stereocenters. The van der Waals surface area contributed by atoms with E-state index in [1.165, 1.54) is 4.31 Å². The quantitative estimate of drug-likeness (QED) is 0.800. The van der Waals surface area contributed by atoms with E-state index in [4.69, 9.17) is 0 Å². The van der Waals surface area contributed by atoms with E-state index < -0.39 is 10.2 Å². The number of hydrogen-bond donors (Lipinski definition) is 0. The largest absolute Gasteiger partial charge is 0.338 e. The maximum Gasteiger partial charge on any atom is 0.281 e. The zero-order valence-electron chi connectivity index (χ0n) is 14.9. The predicted octanol–water partition coefficient (Wildman–Crippen LogP) is 1.09. The highest BCUT2D eigenvalue weighted by molar-refractivity contribution is 7.86. The lowest BCUT2D eigenvalue weighted by Crippen LogP contribution is -2.56. The number of nitrogens with zero attached hydrogens (tertiary/aromatic N) is 4. The van der Waals surface area contributed by atoms with Gasteiger partial charge in [0.05, 0.1) is 0 Å². The van der Waals surface area contributed by atoms with E-state index in [0.29, 0.717) is 32.6 Å². The number of hydrogen-bond acceptors (Lipinski definition) is 4. The first-order valence-corrected chi connectivity index (χ1v) is 10.1. The third kappa shape index (κ3) is 3.86. The van der Waals surface area contributed by atoms with Crippen molar-refractivity contribution in [3.05, 3.63) is 30.1 Å². The Kier molecular flexibility index (Phi) is 5.13. The Bertz CT molecular complexity index is 723. The van der Waals surface area contributed by atoms with Crippen LogP contribution in [0.4, 0.5) is 0 Å². The first-order chi connectivity index (χ1) is 11.8. The van der Waals surface area contributed by atoms with Crippen molar-refractivity contribution >= 4 is 16.1 Å². The van der Waals surface area contributed by atoms with Gasteiger partial charge in [-0.3, -0.25) is 9.78 Å². The number of amides is 1. The molecule has 8 heteroatoms. The summed E-state index contributed by atoms with van der Waals surface area (Å²) in [6.07, 6.45) is 6.51. The van der Waals surface area contributed by atoms with E-state index in [1.807, 2.05) is 17.0 Å². The maximum atomic E-state index is 12.5. The number of carbonyl (C=O) groups is 1. The van der Waals surface area contributed by atoms with Crippen molar-refractivity contribution < 1.29 is 13.2 Å². The van der Waals surface area contributed by atoms with Crippen LogP contribution in [0.2, 0.25) is 0 Å². The molecule has 0 N–H and O–H groups in total. The Morgan fingerprint density at radius 1 is 1.20 bits per heavy atom. The number of likely N-dealkylation sites (tertiary alicyclic amines) is 1. The van der Waals surface area contributed by atoms with E-state index in [9.17, 15) is 13.2 Å². The van der Waals surface area contributed by atoms with Gasteiger partial charge in [-0.05, 0) is 37.0 Å². The molecule has 25 heavy (non-hydrogen) atoms. The lowest BCUT2D eigenvalue weighted by molar-refractivity contribution is -0.139. The molecular formula is C17H26N4O3S. The highest BCUT2D eigenvalue weighted by atomic mass is 32.2. The average molecular weight is 366 g/mol. The van der Waals surface area contributed by atoms with E-state index in [2.05, 4.69) is 4.98 Å². The first-order valence-electron chi connectivity index (χ1n) is 8.67. The standard InChI is InChI=1S/C17H26N4O3S/c1-19(2)25(23,24)21-11-3-7-17(14-21)8-4-16(22)20(13-17)12-15-5-9-18-10-6-15/h5-6,9-10H,3-4,7-8,11-14H2,1-2H3. The molecule has 3 heterocycles. The van der Waals surface area contributed by atoms with Crippen LogP contribution in [0.3, 0.4) is 0 Å². The third-order valence-electron chi connectivity index (χ3n) is 5.29. The summed E-state index contributed by atoms with van der Waals surface area (Å²) < 4.78 is 27.9. The fraction of sp³-hybridized carbons (Fsp3) is 0.647. The van der Waals surface area contributed by atoms with E-state index in [0.717, 1.165) is 24.8 Å². The summed E-state index contributed by atoms with van der Waals surface area (Å²) in [7, 11) is -0.278. The van der Waals surface area contributed by atoms with Crippen LogP contribution in [0.5, 0.6) is 0 Å². The Balaban J connectivity index is 1.76. The van der Waals surface area contributed by atoms with Crippen LogP contribution in [-0.2, 0) is 21.5 Å². The molecule has 1 aromatic heterocycles. The molecule has 0 saturated carbocycles. The monoisotopic (exact) mass is 366 g/mol. The normalized spacial score (nSPS) is 25.7. The highest BCUT2D eigenvalue weighted by Crippen LogP contribution is 2.40. The summed E-state index contributed by atoms with van der Waals surface area (Å²) >= 11 is 0. The van der Waals surface area contributed by atoms with Gasteiger partial charge in [-0.2, -0.15) is 17.0 Å². The molecule has 2 fully saturated rings. The SMILES string of the molecule is CN(C)S(=O)(=O)N1CCCC2(CCC(=O)N(Cc3ccncc3)C2)C1. The van der Waals surface area contributed by atoms with Crippen molar-refractivity contribution in [3.63, 3.8) is 0 Å². The summed E-state index contributed by atoms with van der Waals surface area (Å²) in [6.45, 7) is 2.23. The molecule has 2 saturated heterocycles. The van der Waals surface area contributed by atoms with Crippen molar-refractivity contribution in [3.8, 4) is 0 Å². The van der Waals surface area contributed by atoms with Gasteiger partial charge < -0.3 is 4.90 Å². The highest BCUT2D eigenvalue weighted by Gasteiger charge is 2.44. The molecule has 2 aliphatic rings. The Hall–Kier alpha value is -1.51. The molecule has 3 rings (SSSR count). The van der Waals surface area contributed by atoms with Gasteiger partial charge in [-0.1, -0.05) is 0 Å². The third-order valence-corrected chi connectivity index (χ3v) is 7.17. The van der Waals surface area contributed by atoms with Crippen molar-refractivity contribution in [1.82, 2.24) is 18.5 Å². The Morgan fingerprint density at radius 3 is 2.60 bits per heavy atom. The van der Waals surface area contributed by atoms with Crippen molar-refractivity contribution in [2.75, 3.05) is 33.7 Å². The van der Waals surface area contributed by atoms with Crippen LogP contribution in [0.1, 0.15) is 31.2 Å². The molecule has 1 spiro atoms. The minimum atomic E-state index is -3.41. The molecule has 138 valence electrons. The van der Waals surface area contributed by atoms with E-state index in [1.54, 1.807) is 30.8 Å². The van der Waals surface area contributed by atoms with Gasteiger partial charge in [0.2, 0.25) is 5.91 Å². The first kappa shape index (κ1) is 18.3. The van der Waals surface area contributed by atoms with E-state index >= 15 is 0 Å². The van der Waals surface area contributed by atoms with Gasteiger partial charge in [-0.25, -0.2) is 0 Å². The lowest BCUT2D eigenvalue weighted by Gasteiger charge is -2.48. The molecule has 1 aromatic rings. The molecule has 1 atom stereocenters. The summed E-state index contributed by atoms with van der Waals surface area (Å²) in [6, 6.07) is 3.83. The maximum absolute atomic E-state index is 12.5. The van der Waals surface area contributed by atoms with Crippen molar-refractivity contribution in [2.24, 2.45) is 5.41 Å². The molecule has 1 amide bonds. The Morgan fingerprint density at radius 2 is 1.92 bits per heavy atom. The average Bonchev–Trinajstić information content (AvgIpc) is 2.59. The fourth-order valence-corrected chi connectivity index (χ4v) is 5.14. The van der Waals surface area contributed by atoms with Crippen molar-refractivity contribution in [1.29, 1.82) is 0 Å². The zero-order chi connectivity index (χ0) is 18.1. The van der Waals surface area contributed by atoms with Gasteiger partial charge in [0.1, 0.15) is 0 Å². The fourth-order valence-electron chi connectivity index (χ4n) is 3.88.